The molecule has 21 heavy (non-hydrogen) atoms. The Bertz CT molecular complexity index is 798. The standard InChI is InChI=1S/C15H8ClNO4/c16-11-6-5-9(7-12(11)17(19)20)8-14-15(18)10-3-1-2-4-13(10)21-14/h1-8H/b14-8-. The minimum absolute atomic E-state index is 0.0455. The van der Waals surface area contributed by atoms with Crippen LogP contribution in [0.3, 0.4) is 0 Å². The zero-order valence-corrected chi connectivity index (χ0v) is 11.3. The Morgan fingerprint density at radius 3 is 2.67 bits per heavy atom. The molecule has 1 heterocycles. The van der Waals surface area contributed by atoms with E-state index in [2.05, 4.69) is 0 Å². The third-order valence-electron chi connectivity index (χ3n) is 3.04. The molecule has 0 unspecified atom stereocenters. The van der Waals surface area contributed by atoms with Crippen molar-refractivity contribution in [1.29, 1.82) is 0 Å². The van der Waals surface area contributed by atoms with Crippen molar-refractivity contribution < 1.29 is 14.5 Å². The number of fused-ring (bicyclic) bond motifs is 1. The molecule has 0 atom stereocenters. The highest BCUT2D eigenvalue weighted by molar-refractivity contribution is 6.32. The predicted octanol–water partition coefficient (Wildman–Crippen LogP) is 3.86. The van der Waals surface area contributed by atoms with E-state index in [9.17, 15) is 14.9 Å². The van der Waals surface area contributed by atoms with Gasteiger partial charge in [-0.15, -0.1) is 0 Å². The largest absolute Gasteiger partial charge is 0.452 e. The van der Waals surface area contributed by atoms with Gasteiger partial charge in [0, 0.05) is 6.07 Å². The first kappa shape index (κ1) is 13.3. The quantitative estimate of drug-likeness (QED) is 0.480. The second kappa shape index (κ2) is 5.03. The van der Waals surface area contributed by atoms with Crippen LogP contribution in [-0.2, 0) is 0 Å². The lowest BCUT2D eigenvalue weighted by atomic mass is 10.1. The average molecular weight is 302 g/mol. The van der Waals surface area contributed by atoms with E-state index in [-0.39, 0.29) is 22.3 Å². The van der Waals surface area contributed by atoms with E-state index >= 15 is 0 Å². The molecule has 3 rings (SSSR count). The van der Waals surface area contributed by atoms with Crippen molar-refractivity contribution in [2.24, 2.45) is 0 Å². The van der Waals surface area contributed by atoms with Gasteiger partial charge in [0.05, 0.1) is 10.5 Å². The lowest BCUT2D eigenvalue weighted by Crippen LogP contribution is -1.98. The number of carbonyl (C=O) groups is 1. The smallest absolute Gasteiger partial charge is 0.288 e. The van der Waals surface area contributed by atoms with Gasteiger partial charge in [0.1, 0.15) is 10.8 Å². The average Bonchev–Trinajstić information content (AvgIpc) is 2.78. The number of rotatable bonds is 2. The zero-order valence-electron chi connectivity index (χ0n) is 10.6. The van der Waals surface area contributed by atoms with Gasteiger partial charge in [0.15, 0.2) is 5.76 Å². The van der Waals surface area contributed by atoms with E-state index in [0.717, 1.165) is 0 Å². The second-order valence-corrected chi connectivity index (χ2v) is 4.81. The third-order valence-corrected chi connectivity index (χ3v) is 3.36. The Kier molecular flexibility index (Phi) is 3.19. The maximum atomic E-state index is 12.1. The Morgan fingerprint density at radius 1 is 1.19 bits per heavy atom. The molecule has 0 aromatic heterocycles. The SMILES string of the molecule is O=C1/C(=C/c2ccc(Cl)c([N+](=O)[O-])c2)Oc2ccccc21. The van der Waals surface area contributed by atoms with Crippen LogP contribution in [0, 0.1) is 10.1 Å². The van der Waals surface area contributed by atoms with Crippen LogP contribution in [0.4, 0.5) is 5.69 Å². The molecule has 0 radical (unpaired) electrons. The molecule has 104 valence electrons. The molecular formula is C15H8ClNO4. The van der Waals surface area contributed by atoms with Gasteiger partial charge in [-0.25, -0.2) is 0 Å². The summed E-state index contributed by atoms with van der Waals surface area (Å²) in [6, 6.07) is 11.2. The summed E-state index contributed by atoms with van der Waals surface area (Å²) in [7, 11) is 0. The number of nitrogens with zero attached hydrogens (tertiary/aromatic N) is 1. The highest BCUT2D eigenvalue weighted by Gasteiger charge is 2.26. The first-order chi connectivity index (χ1) is 10.1. The lowest BCUT2D eigenvalue weighted by Gasteiger charge is -2.00. The molecule has 0 saturated carbocycles. The Labute approximate surface area is 124 Å². The molecule has 5 nitrogen and oxygen atoms in total. The number of allylic oxidation sites excluding steroid dienone is 1. The van der Waals surface area contributed by atoms with Crippen LogP contribution in [0.15, 0.2) is 48.2 Å². The molecule has 2 aromatic carbocycles. The molecule has 0 saturated heterocycles. The van der Waals surface area contributed by atoms with Gasteiger partial charge < -0.3 is 4.74 Å². The molecule has 0 bridgehead atoms. The molecule has 2 aromatic rings. The molecule has 1 aliphatic rings. The van der Waals surface area contributed by atoms with Gasteiger partial charge in [-0.05, 0) is 29.8 Å². The predicted molar refractivity (Wildman–Crippen MR) is 77.5 cm³/mol. The number of benzene rings is 2. The number of para-hydroxylation sites is 1. The van der Waals surface area contributed by atoms with E-state index in [0.29, 0.717) is 16.9 Å². The summed E-state index contributed by atoms with van der Waals surface area (Å²) in [5.74, 6) is 0.369. The number of hydrogen-bond acceptors (Lipinski definition) is 4. The number of carbonyl (C=O) groups excluding carboxylic acids is 1. The summed E-state index contributed by atoms with van der Waals surface area (Å²) in [4.78, 5) is 22.4. The number of Topliss-reactive ketones (excluding diaryl/α,β-unsaturated/α-hetero) is 1. The van der Waals surface area contributed by atoms with Crippen LogP contribution in [-0.4, -0.2) is 10.7 Å². The fourth-order valence-corrected chi connectivity index (χ4v) is 2.23. The molecule has 0 N–H and O–H groups in total. The number of hydrogen-bond donors (Lipinski definition) is 0. The fourth-order valence-electron chi connectivity index (χ4n) is 2.05. The Balaban J connectivity index is 2.00. The van der Waals surface area contributed by atoms with E-state index in [1.165, 1.54) is 18.2 Å². The number of ether oxygens (including phenoxy) is 1. The molecular weight excluding hydrogens is 294 g/mol. The van der Waals surface area contributed by atoms with E-state index in [1.54, 1.807) is 30.3 Å². The summed E-state index contributed by atoms with van der Waals surface area (Å²) in [5, 5.41) is 10.9. The molecule has 0 spiro atoms. The van der Waals surface area contributed by atoms with Crippen LogP contribution in [0.25, 0.3) is 6.08 Å². The van der Waals surface area contributed by atoms with Crippen molar-refractivity contribution in [3.8, 4) is 5.75 Å². The van der Waals surface area contributed by atoms with Crippen molar-refractivity contribution >= 4 is 29.1 Å². The zero-order chi connectivity index (χ0) is 15.0. The Hall–Kier alpha value is -2.66. The summed E-state index contributed by atoms with van der Waals surface area (Å²) in [6.45, 7) is 0. The number of halogens is 1. The summed E-state index contributed by atoms with van der Waals surface area (Å²) < 4.78 is 5.46. The van der Waals surface area contributed by atoms with Crippen LogP contribution in [0.1, 0.15) is 15.9 Å². The van der Waals surface area contributed by atoms with Crippen molar-refractivity contribution in [3.05, 3.63) is 74.5 Å². The van der Waals surface area contributed by atoms with Crippen LogP contribution in [0.5, 0.6) is 5.75 Å². The lowest BCUT2D eigenvalue weighted by molar-refractivity contribution is -0.384. The maximum absolute atomic E-state index is 12.1. The normalized spacial score (nSPS) is 14.9. The summed E-state index contributed by atoms with van der Waals surface area (Å²) in [6.07, 6.45) is 1.46. The van der Waals surface area contributed by atoms with E-state index in [4.69, 9.17) is 16.3 Å². The topological polar surface area (TPSA) is 69.4 Å². The van der Waals surface area contributed by atoms with E-state index in [1.807, 2.05) is 0 Å². The Morgan fingerprint density at radius 2 is 1.95 bits per heavy atom. The van der Waals surface area contributed by atoms with E-state index < -0.39 is 4.92 Å². The second-order valence-electron chi connectivity index (χ2n) is 4.40. The third kappa shape index (κ3) is 2.39. The van der Waals surface area contributed by atoms with Crippen molar-refractivity contribution in [3.63, 3.8) is 0 Å². The van der Waals surface area contributed by atoms with Crippen LogP contribution < -0.4 is 4.74 Å². The van der Waals surface area contributed by atoms with Crippen molar-refractivity contribution in [2.75, 3.05) is 0 Å². The fraction of sp³-hybridized carbons (Fsp3) is 0. The van der Waals surface area contributed by atoms with Crippen LogP contribution >= 0.6 is 11.6 Å². The summed E-state index contributed by atoms with van der Waals surface area (Å²) in [5.41, 5.74) is 0.739. The van der Waals surface area contributed by atoms with Gasteiger partial charge in [-0.3, -0.25) is 14.9 Å². The minimum Gasteiger partial charge on any atom is -0.452 e. The molecule has 0 amide bonds. The van der Waals surface area contributed by atoms with Crippen molar-refractivity contribution in [2.45, 2.75) is 0 Å². The number of nitro groups is 1. The van der Waals surface area contributed by atoms with Gasteiger partial charge >= 0.3 is 0 Å². The molecule has 0 fully saturated rings. The monoisotopic (exact) mass is 301 g/mol. The molecule has 6 heteroatoms. The first-order valence-corrected chi connectivity index (χ1v) is 6.41. The summed E-state index contributed by atoms with van der Waals surface area (Å²) >= 11 is 5.75. The van der Waals surface area contributed by atoms with Gasteiger partial charge in [-0.1, -0.05) is 29.8 Å². The van der Waals surface area contributed by atoms with Crippen LogP contribution in [0.2, 0.25) is 5.02 Å². The first-order valence-electron chi connectivity index (χ1n) is 6.03. The maximum Gasteiger partial charge on any atom is 0.288 e. The highest BCUT2D eigenvalue weighted by atomic mass is 35.5. The highest BCUT2D eigenvalue weighted by Crippen LogP contribution is 2.32. The molecule has 0 aliphatic carbocycles. The van der Waals surface area contributed by atoms with Gasteiger partial charge in [0.25, 0.3) is 5.69 Å². The minimum atomic E-state index is -0.573. The van der Waals surface area contributed by atoms with Crippen molar-refractivity contribution in [1.82, 2.24) is 0 Å². The number of nitro benzene ring substituents is 1. The molecule has 1 aliphatic heterocycles. The number of ketones is 1. The van der Waals surface area contributed by atoms with Gasteiger partial charge in [-0.2, -0.15) is 0 Å². The van der Waals surface area contributed by atoms with Gasteiger partial charge in [0.2, 0.25) is 5.78 Å².